The highest BCUT2D eigenvalue weighted by Crippen LogP contribution is 2.21. The van der Waals surface area contributed by atoms with Gasteiger partial charge in [-0.15, -0.1) is 0 Å². The molecule has 4 rings (SSSR count). The Labute approximate surface area is 200 Å². The number of amides is 2. The summed E-state index contributed by atoms with van der Waals surface area (Å²) in [6.07, 6.45) is -0.217. The fourth-order valence-electron chi connectivity index (χ4n) is 3.83. The smallest absolute Gasteiger partial charge is 0.308 e. The van der Waals surface area contributed by atoms with Crippen molar-refractivity contribution in [3.63, 3.8) is 0 Å². The molecule has 1 aliphatic rings. The topological polar surface area (TPSA) is 111 Å². The van der Waals surface area contributed by atoms with Crippen LogP contribution in [0.1, 0.15) is 12.0 Å². The molecule has 10 heteroatoms. The molecule has 1 atom stereocenters. The van der Waals surface area contributed by atoms with Gasteiger partial charge in [-0.05, 0) is 17.7 Å². The van der Waals surface area contributed by atoms with E-state index in [2.05, 4.69) is 15.0 Å². The first-order valence-electron chi connectivity index (χ1n) is 10.8. The number of benzene rings is 2. The van der Waals surface area contributed by atoms with Gasteiger partial charge in [-0.25, -0.2) is 4.98 Å². The number of nitrogens with one attached hydrogen (secondary N) is 1. The summed E-state index contributed by atoms with van der Waals surface area (Å²) in [5.41, 5.74) is 1.29. The molecule has 1 aliphatic heterocycles. The SMILES string of the molecule is COC(=O)C[C@@H]1C(=O)NCCN1C(=O)CSc1nc2ccccc2c(=O)n1Cc1ccccc1. The lowest BCUT2D eigenvalue weighted by molar-refractivity contribution is -0.149. The van der Waals surface area contributed by atoms with Gasteiger partial charge in [0.15, 0.2) is 5.16 Å². The highest BCUT2D eigenvalue weighted by atomic mass is 32.2. The van der Waals surface area contributed by atoms with Crippen molar-refractivity contribution in [2.24, 2.45) is 0 Å². The van der Waals surface area contributed by atoms with Gasteiger partial charge in [-0.1, -0.05) is 54.2 Å². The van der Waals surface area contributed by atoms with Crippen LogP contribution in [0, 0.1) is 0 Å². The van der Waals surface area contributed by atoms with Crippen LogP contribution in [0.3, 0.4) is 0 Å². The van der Waals surface area contributed by atoms with Gasteiger partial charge in [-0.2, -0.15) is 0 Å². The van der Waals surface area contributed by atoms with Crippen molar-refractivity contribution in [1.29, 1.82) is 0 Å². The number of carbonyl (C=O) groups is 3. The Balaban J connectivity index is 1.60. The number of aromatic nitrogens is 2. The fraction of sp³-hybridized carbons (Fsp3) is 0.292. The molecule has 0 radical (unpaired) electrons. The molecule has 34 heavy (non-hydrogen) atoms. The number of esters is 1. The van der Waals surface area contributed by atoms with Gasteiger partial charge in [0.05, 0.1) is 36.7 Å². The van der Waals surface area contributed by atoms with Gasteiger partial charge in [-0.3, -0.25) is 23.7 Å². The average Bonchev–Trinajstić information content (AvgIpc) is 2.86. The second kappa shape index (κ2) is 10.5. The number of para-hydroxylation sites is 1. The summed E-state index contributed by atoms with van der Waals surface area (Å²) in [5, 5.41) is 3.59. The number of fused-ring (bicyclic) bond motifs is 1. The first kappa shape index (κ1) is 23.5. The van der Waals surface area contributed by atoms with E-state index in [0.717, 1.165) is 17.3 Å². The number of carbonyl (C=O) groups excluding carboxylic acids is 3. The van der Waals surface area contributed by atoms with E-state index in [1.54, 1.807) is 28.8 Å². The zero-order valence-corrected chi connectivity index (χ0v) is 19.4. The standard InChI is InChI=1S/C24H24N4O5S/c1-33-21(30)13-19-22(31)25-11-12-27(19)20(29)15-34-24-26-18-10-6-5-9-17(18)23(32)28(24)14-16-7-3-2-4-8-16/h2-10,19H,11-15H2,1H3,(H,25,31)/t19-/m1/s1. The molecule has 1 fully saturated rings. The fourth-order valence-corrected chi connectivity index (χ4v) is 4.71. The summed E-state index contributed by atoms with van der Waals surface area (Å²) in [6, 6.07) is 15.7. The molecule has 2 amide bonds. The number of thioether (sulfide) groups is 1. The molecule has 1 aromatic heterocycles. The van der Waals surface area contributed by atoms with E-state index in [4.69, 9.17) is 0 Å². The first-order chi connectivity index (χ1) is 16.5. The van der Waals surface area contributed by atoms with Crippen molar-refractivity contribution in [3.05, 3.63) is 70.5 Å². The van der Waals surface area contributed by atoms with Gasteiger partial charge < -0.3 is 15.0 Å². The Kier molecular flexibility index (Phi) is 7.27. The number of piperazine rings is 1. The predicted octanol–water partition coefficient (Wildman–Crippen LogP) is 1.43. The molecular formula is C24H24N4O5S. The second-order valence-electron chi connectivity index (χ2n) is 7.75. The van der Waals surface area contributed by atoms with E-state index in [1.807, 2.05) is 30.3 Å². The van der Waals surface area contributed by atoms with Gasteiger partial charge >= 0.3 is 5.97 Å². The normalized spacial score (nSPS) is 15.7. The predicted molar refractivity (Wildman–Crippen MR) is 127 cm³/mol. The maximum atomic E-state index is 13.3. The largest absolute Gasteiger partial charge is 0.469 e. The zero-order valence-electron chi connectivity index (χ0n) is 18.6. The second-order valence-corrected chi connectivity index (χ2v) is 8.69. The minimum Gasteiger partial charge on any atom is -0.469 e. The Morgan fingerprint density at radius 3 is 2.62 bits per heavy atom. The van der Waals surface area contributed by atoms with Crippen LogP contribution in [-0.2, 0) is 25.7 Å². The molecule has 0 spiro atoms. The van der Waals surface area contributed by atoms with Crippen molar-refractivity contribution in [1.82, 2.24) is 19.8 Å². The summed E-state index contributed by atoms with van der Waals surface area (Å²) < 4.78 is 6.23. The maximum Gasteiger partial charge on any atom is 0.308 e. The highest BCUT2D eigenvalue weighted by Gasteiger charge is 2.35. The van der Waals surface area contributed by atoms with E-state index in [-0.39, 0.29) is 36.1 Å². The molecule has 9 nitrogen and oxygen atoms in total. The van der Waals surface area contributed by atoms with Crippen molar-refractivity contribution in [2.75, 3.05) is 26.0 Å². The van der Waals surface area contributed by atoms with E-state index in [0.29, 0.717) is 29.1 Å². The van der Waals surface area contributed by atoms with Crippen LogP contribution in [0.5, 0.6) is 0 Å². The van der Waals surface area contributed by atoms with Crippen LogP contribution >= 0.6 is 11.8 Å². The van der Waals surface area contributed by atoms with Crippen molar-refractivity contribution in [3.8, 4) is 0 Å². The lowest BCUT2D eigenvalue weighted by Crippen LogP contribution is -2.58. The minimum atomic E-state index is -0.926. The van der Waals surface area contributed by atoms with Crippen molar-refractivity contribution in [2.45, 2.75) is 24.2 Å². The number of hydrogen-bond donors (Lipinski definition) is 1. The third kappa shape index (κ3) is 5.12. The Morgan fingerprint density at radius 2 is 1.85 bits per heavy atom. The van der Waals surface area contributed by atoms with Crippen LogP contribution in [0.15, 0.2) is 64.5 Å². The highest BCUT2D eigenvalue weighted by molar-refractivity contribution is 7.99. The number of methoxy groups -OCH3 is 1. The van der Waals surface area contributed by atoms with Crippen LogP contribution in [0.4, 0.5) is 0 Å². The molecule has 1 N–H and O–H groups in total. The monoisotopic (exact) mass is 480 g/mol. The van der Waals surface area contributed by atoms with Crippen molar-refractivity contribution < 1.29 is 19.1 Å². The Hall–Kier alpha value is -3.66. The molecule has 3 aromatic rings. The Bertz CT molecular complexity index is 1280. The third-order valence-corrected chi connectivity index (χ3v) is 6.53. The van der Waals surface area contributed by atoms with Crippen LogP contribution in [0.2, 0.25) is 0 Å². The number of rotatable bonds is 7. The molecule has 0 unspecified atom stereocenters. The molecule has 2 aromatic carbocycles. The molecule has 0 aliphatic carbocycles. The van der Waals surface area contributed by atoms with Crippen LogP contribution < -0.4 is 10.9 Å². The van der Waals surface area contributed by atoms with Gasteiger partial charge in [0.2, 0.25) is 11.8 Å². The van der Waals surface area contributed by atoms with E-state index in [9.17, 15) is 19.2 Å². The average molecular weight is 481 g/mol. The van der Waals surface area contributed by atoms with Crippen molar-refractivity contribution >= 4 is 40.4 Å². The van der Waals surface area contributed by atoms with Gasteiger partial charge in [0, 0.05) is 13.1 Å². The van der Waals surface area contributed by atoms with Gasteiger partial charge in [0.25, 0.3) is 5.56 Å². The van der Waals surface area contributed by atoms with Gasteiger partial charge in [0.1, 0.15) is 6.04 Å². The first-order valence-corrected chi connectivity index (χ1v) is 11.8. The summed E-state index contributed by atoms with van der Waals surface area (Å²) in [7, 11) is 1.24. The van der Waals surface area contributed by atoms with Crippen LogP contribution in [0.25, 0.3) is 10.9 Å². The zero-order chi connectivity index (χ0) is 24.1. The minimum absolute atomic E-state index is 0.0372. The van der Waals surface area contributed by atoms with E-state index in [1.165, 1.54) is 12.0 Å². The number of hydrogen-bond acceptors (Lipinski definition) is 7. The summed E-state index contributed by atoms with van der Waals surface area (Å²) in [5.74, 6) is -1.31. The third-order valence-electron chi connectivity index (χ3n) is 5.57. The summed E-state index contributed by atoms with van der Waals surface area (Å²) >= 11 is 1.14. The molecule has 1 saturated heterocycles. The van der Waals surface area contributed by atoms with Crippen LogP contribution in [-0.4, -0.2) is 64.2 Å². The lowest BCUT2D eigenvalue weighted by atomic mass is 10.1. The van der Waals surface area contributed by atoms with E-state index < -0.39 is 12.0 Å². The quantitative estimate of drug-likeness (QED) is 0.309. The summed E-state index contributed by atoms with van der Waals surface area (Å²) in [4.78, 5) is 56.4. The molecule has 176 valence electrons. The number of ether oxygens (including phenoxy) is 1. The Morgan fingerprint density at radius 1 is 1.12 bits per heavy atom. The molecule has 2 heterocycles. The maximum absolute atomic E-state index is 13.3. The number of nitrogens with zero attached hydrogens (tertiary/aromatic N) is 3. The summed E-state index contributed by atoms with van der Waals surface area (Å²) in [6.45, 7) is 0.903. The molecule has 0 bridgehead atoms. The van der Waals surface area contributed by atoms with E-state index >= 15 is 0 Å². The lowest BCUT2D eigenvalue weighted by Gasteiger charge is -2.34. The molecule has 0 saturated carbocycles. The molecular weight excluding hydrogens is 456 g/mol.